The Balaban J connectivity index is 2.60. The number of carbonyl (C=O) groups excluding carboxylic acids is 2. The highest BCUT2D eigenvalue weighted by Gasteiger charge is 2.26. The molecule has 0 N–H and O–H groups in total. The van der Waals surface area contributed by atoms with Gasteiger partial charge in [0, 0.05) is 17.3 Å². The van der Waals surface area contributed by atoms with Crippen LogP contribution in [0.2, 0.25) is 0 Å². The van der Waals surface area contributed by atoms with Crippen molar-refractivity contribution in [2.75, 3.05) is 0 Å². The summed E-state index contributed by atoms with van der Waals surface area (Å²) in [4.78, 5) is 28.1. The third-order valence-electron chi connectivity index (χ3n) is 4.13. The summed E-state index contributed by atoms with van der Waals surface area (Å²) >= 11 is 0. The quantitative estimate of drug-likeness (QED) is 0.486. The minimum atomic E-state index is -1.73. The molecule has 1 atom stereocenters. The lowest BCUT2D eigenvalue weighted by atomic mass is 9.63. The summed E-state index contributed by atoms with van der Waals surface area (Å²) < 4.78 is 8.62. The molecule has 1 amide bonds. The molecule has 0 spiro atoms. The van der Waals surface area contributed by atoms with Crippen molar-refractivity contribution in [3.8, 4) is 22.9 Å². The van der Waals surface area contributed by atoms with Crippen molar-refractivity contribution in [2.45, 2.75) is 5.94 Å². The van der Waals surface area contributed by atoms with Gasteiger partial charge in [-0.2, -0.15) is 5.26 Å². The van der Waals surface area contributed by atoms with Gasteiger partial charge in [-0.3, -0.25) is 9.59 Å². The first-order chi connectivity index (χ1) is 14.1. The lowest BCUT2D eigenvalue weighted by molar-refractivity contribution is -0.135. The van der Waals surface area contributed by atoms with Gasteiger partial charge in [0.25, 0.3) is 11.9 Å². The number of rotatable bonds is 5. The van der Waals surface area contributed by atoms with Gasteiger partial charge < -0.3 is 14.1 Å². The number of hydrogen-bond acceptors (Lipinski definition) is 6. The standard InChI is InChI=1S/C15H3B8N3O4/c16-8-5(2-24)9(17)11(19)10(18)7(8)4-1-6(29-22)12(25-3-4)14(27)26(21)13(20)15(28)30-23/h1,3,13H. The zero-order chi connectivity index (χ0) is 22.7. The van der Waals surface area contributed by atoms with Gasteiger partial charge in [-0.05, 0) is 11.6 Å². The van der Waals surface area contributed by atoms with Crippen LogP contribution in [0.15, 0.2) is 12.3 Å². The Kier molecular flexibility index (Phi) is 7.25. The van der Waals surface area contributed by atoms with E-state index in [9.17, 15) is 14.9 Å². The van der Waals surface area contributed by atoms with E-state index in [2.05, 4.69) is 14.3 Å². The second kappa shape index (κ2) is 9.29. The number of aromatic nitrogens is 1. The Morgan fingerprint density at radius 1 is 1.10 bits per heavy atom. The molecule has 15 heteroatoms. The molecular weight excluding hydrogens is 373 g/mol. The number of carbonyl (C=O) groups is 2. The minimum absolute atomic E-state index is 0.0268. The topological polar surface area (TPSA) is 92.5 Å². The number of nitrogens with zero attached hydrogens (tertiary/aromatic N) is 3. The van der Waals surface area contributed by atoms with Crippen LogP contribution in [0.5, 0.6) is 5.75 Å². The highest BCUT2D eigenvalue weighted by atomic mass is 16.5. The van der Waals surface area contributed by atoms with Gasteiger partial charge in [0.05, 0.1) is 12.0 Å². The molecule has 30 heavy (non-hydrogen) atoms. The third kappa shape index (κ3) is 4.04. The van der Waals surface area contributed by atoms with Crippen molar-refractivity contribution in [3.05, 3.63) is 23.5 Å². The Morgan fingerprint density at radius 3 is 2.27 bits per heavy atom. The minimum Gasteiger partial charge on any atom is -0.566 e. The van der Waals surface area contributed by atoms with Crippen molar-refractivity contribution in [1.29, 1.82) is 5.26 Å². The molecule has 2 rings (SSSR count). The largest absolute Gasteiger partial charge is 0.566 e. The van der Waals surface area contributed by atoms with Crippen LogP contribution in [-0.4, -0.2) is 90.9 Å². The zero-order valence-corrected chi connectivity index (χ0v) is 15.3. The molecule has 2 aromatic rings. The van der Waals surface area contributed by atoms with E-state index in [0.717, 1.165) is 6.20 Å². The molecule has 0 fully saturated rings. The first kappa shape index (κ1) is 23.4. The molecule has 1 aromatic heterocycles. The molecule has 7 nitrogen and oxygen atoms in total. The third-order valence-corrected chi connectivity index (χ3v) is 4.13. The van der Waals surface area contributed by atoms with E-state index in [-0.39, 0.29) is 44.3 Å². The highest BCUT2D eigenvalue weighted by Crippen LogP contribution is 2.24. The number of nitriles is 1. The maximum Gasteiger partial charge on any atom is 0.378 e. The first-order valence-corrected chi connectivity index (χ1v) is 7.88. The van der Waals surface area contributed by atoms with Crippen molar-refractivity contribution in [2.24, 2.45) is 0 Å². The van der Waals surface area contributed by atoms with Gasteiger partial charge in [-0.25, -0.2) is 4.98 Å². The summed E-state index contributed by atoms with van der Waals surface area (Å²) in [6.07, 6.45) is 1.16. The van der Waals surface area contributed by atoms with Crippen LogP contribution in [0.1, 0.15) is 16.1 Å². The fraction of sp³-hybridized carbons (Fsp3) is 0.0667. The van der Waals surface area contributed by atoms with E-state index >= 15 is 0 Å². The van der Waals surface area contributed by atoms with E-state index in [1.54, 1.807) is 0 Å². The van der Waals surface area contributed by atoms with Crippen LogP contribution < -0.4 is 26.5 Å². The second-order valence-corrected chi connectivity index (χ2v) is 5.80. The fourth-order valence-corrected chi connectivity index (χ4v) is 2.52. The van der Waals surface area contributed by atoms with Crippen LogP contribution in [-0.2, 0) is 9.45 Å². The average Bonchev–Trinajstić information content (AvgIpc) is 2.75. The van der Waals surface area contributed by atoms with Crippen LogP contribution in [0.25, 0.3) is 11.1 Å². The van der Waals surface area contributed by atoms with Crippen molar-refractivity contribution in [3.63, 3.8) is 0 Å². The maximum absolute atomic E-state index is 12.5. The number of benzene rings is 1. The summed E-state index contributed by atoms with van der Waals surface area (Å²) in [7, 11) is 44.6. The van der Waals surface area contributed by atoms with Crippen molar-refractivity contribution in [1.82, 2.24) is 9.79 Å². The molecule has 0 aliphatic heterocycles. The molecule has 1 heterocycles. The molecule has 126 valence electrons. The fourth-order valence-electron chi connectivity index (χ4n) is 2.52. The molecule has 0 aliphatic carbocycles. The molecule has 0 aliphatic rings. The Labute approximate surface area is 183 Å². The normalized spacial score (nSPS) is 11.2. The predicted molar refractivity (Wildman–Crippen MR) is 116 cm³/mol. The van der Waals surface area contributed by atoms with E-state index in [0.29, 0.717) is 4.81 Å². The van der Waals surface area contributed by atoms with Gasteiger partial charge >= 0.3 is 16.1 Å². The van der Waals surface area contributed by atoms with E-state index in [1.807, 2.05) is 6.07 Å². The highest BCUT2D eigenvalue weighted by molar-refractivity contribution is 6.62. The van der Waals surface area contributed by atoms with Gasteiger partial charge in [0.15, 0.2) is 5.69 Å². The number of amides is 1. The molecular formula is C15H3B8N3O4. The zero-order valence-electron chi connectivity index (χ0n) is 15.3. The van der Waals surface area contributed by atoms with Crippen LogP contribution >= 0.6 is 0 Å². The maximum atomic E-state index is 12.5. The van der Waals surface area contributed by atoms with Crippen molar-refractivity contribution >= 4 is 97.0 Å². The first-order valence-electron chi connectivity index (χ1n) is 7.88. The summed E-state index contributed by atoms with van der Waals surface area (Å²) in [5, 5.41) is 9.29. The molecule has 0 bridgehead atoms. The lowest BCUT2D eigenvalue weighted by Crippen LogP contribution is -2.46. The van der Waals surface area contributed by atoms with Crippen LogP contribution in [0.3, 0.4) is 0 Å². The molecule has 1 aromatic carbocycles. The smallest absolute Gasteiger partial charge is 0.378 e. The monoisotopic (exact) mass is 377 g/mol. The van der Waals surface area contributed by atoms with E-state index in [4.69, 9.17) is 63.3 Å². The van der Waals surface area contributed by atoms with Crippen LogP contribution in [0, 0.1) is 11.3 Å². The van der Waals surface area contributed by atoms with Crippen molar-refractivity contribution < 1.29 is 18.9 Å². The summed E-state index contributed by atoms with van der Waals surface area (Å²) in [6, 6.07) is 3.07. The lowest BCUT2D eigenvalue weighted by Gasteiger charge is -2.25. The van der Waals surface area contributed by atoms with E-state index < -0.39 is 23.5 Å². The molecule has 0 saturated heterocycles. The number of pyridine rings is 1. The van der Waals surface area contributed by atoms with Gasteiger partial charge in [0.1, 0.15) is 45.0 Å². The molecule has 16 radical (unpaired) electrons. The Hall–Kier alpha value is -2.88. The predicted octanol–water partition coefficient (Wildman–Crippen LogP) is -5.10. The molecule has 0 saturated carbocycles. The second-order valence-electron chi connectivity index (χ2n) is 5.80. The summed E-state index contributed by atoms with van der Waals surface area (Å²) in [5.41, 5.74) is -0.428. The van der Waals surface area contributed by atoms with Gasteiger partial charge in [0.2, 0.25) is 7.98 Å². The van der Waals surface area contributed by atoms with Gasteiger partial charge in [-0.1, -0.05) is 16.4 Å². The Bertz CT molecular complexity index is 1080. The molecule has 1 unspecified atom stereocenters. The van der Waals surface area contributed by atoms with Gasteiger partial charge in [-0.15, -0.1) is 5.46 Å². The average molecular weight is 376 g/mol. The van der Waals surface area contributed by atoms with E-state index in [1.165, 1.54) is 6.07 Å². The summed E-state index contributed by atoms with van der Waals surface area (Å²) in [5.74, 6) is -4.24. The Morgan fingerprint density at radius 2 is 1.73 bits per heavy atom. The SMILES string of the molecule is [B]OC(=O)C([B])N([B])C(=O)c1ncc(-c2c([B])c([B])c([B])c(C#N)c2[B])cc1O[B]. The van der Waals surface area contributed by atoms with Crippen LogP contribution in [0.4, 0.5) is 0 Å². The number of hydrogen-bond donors (Lipinski definition) is 0. The summed E-state index contributed by atoms with van der Waals surface area (Å²) in [6.45, 7) is 0.